The Morgan fingerprint density at radius 3 is 2.57 bits per heavy atom. The van der Waals surface area contributed by atoms with Gasteiger partial charge in [0, 0.05) is 11.8 Å². The van der Waals surface area contributed by atoms with Gasteiger partial charge in [0.2, 0.25) is 0 Å². The molecule has 0 atom stereocenters. The zero-order valence-corrected chi connectivity index (χ0v) is 16.6. The molecule has 10 heteroatoms. The van der Waals surface area contributed by atoms with E-state index in [2.05, 4.69) is 4.98 Å². The fourth-order valence-corrected chi connectivity index (χ4v) is 4.76. The van der Waals surface area contributed by atoms with Gasteiger partial charge in [0.1, 0.15) is 21.5 Å². The molecule has 2 aromatic heterocycles. The fourth-order valence-electron chi connectivity index (χ4n) is 2.87. The summed E-state index contributed by atoms with van der Waals surface area (Å²) in [6, 6.07) is 8.94. The van der Waals surface area contributed by atoms with E-state index in [0.29, 0.717) is 11.3 Å². The van der Waals surface area contributed by atoms with Gasteiger partial charge in [0.25, 0.3) is 10.0 Å². The van der Waals surface area contributed by atoms with Gasteiger partial charge in [-0.15, -0.1) is 0 Å². The topological polar surface area (TPSA) is 108 Å². The molecule has 0 aliphatic heterocycles. The molecular weight excluding hydrogens is 408 g/mol. The van der Waals surface area contributed by atoms with Gasteiger partial charge in [-0.2, -0.15) is 0 Å². The van der Waals surface area contributed by atoms with Crippen LogP contribution in [0, 0.1) is 0 Å². The molecule has 0 amide bonds. The molecule has 3 aromatic rings. The second-order valence-corrected chi connectivity index (χ2v) is 8.00. The minimum Gasteiger partial charge on any atom is -0.497 e. The number of halogens is 1. The van der Waals surface area contributed by atoms with Gasteiger partial charge in [0.05, 0.1) is 31.7 Å². The second-order valence-electron chi connectivity index (χ2n) is 5.85. The van der Waals surface area contributed by atoms with Crippen molar-refractivity contribution in [3.8, 4) is 11.5 Å². The predicted octanol–water partition coefficient (Wildman–Crippen LogP) is 2.96. The van der Waals surface area contributed by atoms with Crippen LogP contribution in [-0.4, -0.2) is 42.7 Å². The number of carboxylic acids is 1. The maximum Gasteiger partial charge on any atom is 0.303 e. The van der Waals surface area contributed by atoms with Crippen LogP contribution in [0.4, 0.5) is 0 Å². The monoisotopic (exact) mass is 424 g/mol. The number of hydrogen-bond acceptors (Lipinski definition) is 6. The van der Waals surface area contributed by atoms with E-state index in [1.54, 1.807) is 6.07 Å². The van der Waals surface area contributed by atoms with Crippen LogP contribution in [0.1, 0.15) is 12.1 Å². The molecule has 148 valence electrons. The number of rotatable bonds is 7. The van der Waals surface area contributed by atoms with Crippen LogP contribution < -0.4 is 9.47 Å². The van der Waals surface area contributed by atoms with Gasteiger partial charge < -0.3 is 14.6 Å². The van der Waals surface area contributed by atoms with Crippen molar-refractivity contribution in [1.29, 1.82) is 0 Å². The maximum absolute atomic E-state index is 13.5. The normalized spacial score (nSPS) is 11.5. The number of carbonyl (C=O) groups is 1. The second kappa shape index (κ2) is 7.69. The molecule has 0 aliphatic rings. The molecule has 1 N–H and O–H groups in total. The number of fused-ring (bicyclic) bond motifs is 1. The van der Waals surface area contributed by atoms with Gasteiger partial charge >= 0.3 is 5.97 Å². The minimum absolute atomic E-state index is 0.00513. The fraction of sp³-hybridized carbons (Fsp3) is 0.222. The van der Waals surface area contributed by atoms with E-state index in [1.165, 1.54) is 44.6 Å². The molecule has 28 heavy (non-hydrogen) atoms. The van der Waals surface area contributed by atoms with E-state index in [9.17, 15) is 13.2 Å². The highest BCUT2D eigenvalue weighted by atomic mass is 35.5. The average molecular weight is 425 g/mol. The van der Waals surface area contributed by atoms with Crippen molar-refractivity contribution in [3.05, 3.63) is 47.2 Å². The number of aryl methyl sites for hydroxylation is 1. The van der Waals surface area contributed by atoms with Gasteiger partial charge in [-0.05, 0) is 36.8 Å². The van der Waals surface area contributed by atoms with Crippen LogP contribution in [0.2, 0.25) is 5.15 Å². The lowest BCUT2D eigenvalue weighted by atomic mass is 10.2. The highest BCUT2D eigenvalue weighted by molar-refractivity contribution is 7.90. The Balaban J connectivity index is 2.29. The zero-order valence-electron chi connectivity index (χ0n) is 15.0. The lowest BCUT2D eigenvalue weighted by Crippen LogP contribution is -2.17. The predicted molar refractivity (Wildman–Crippen MR) is 103 cm³/mol. The molecule has 8 nitrogen and oxygen atoms in total. The van der Waals surface area contributed by atoms with Gasteiger partial charge in [-0.25, -0.2) is 17.4 Å². The number of nitrogens with zero attached hydrogens (tertiary/aromatic N) is 2. The third-order valence-electron chi connectivity index (χ3n) is 4.14. The lowest BCUT2D eigenvalue weighted by molar-refractivity contribution is -0.136. The SMILES string of the molecule is COc1ccc(OC)c(S(=O)(=O)n2c(CCC(=O)O)cc3nc(Cl)ccc32)c1. The first-order valence-electron chi connectivity index (χ1n) is 8.14. The Hall–Kier alpha value is -2.78. The van der Waals surface area contributed by atoms with Crippen LogP contribution in [0.15, 0.2) is 41.3 Å². The van der Waals surface area contributed by atoms with Crippen molar-refractivity contribution in [3.63, 3.8) is 0 Å². The number of benzene rings is 1. The standard InChI is InChI=1S/C18H17ClN2O6S/c1-26-12-4-6-15(27-2)16(10-12)28(24,25)21-11(3-8-18(22)23)9-13-14(21)5-7-17(19)20-13/h4-7,9-10H,3,8H2,1-2H3,(H,22,23). The molecule has 0 saturated heterocycles. The molecule has 0 unspecified atom stereocenters. The molecule has 0 saturated carbocycles. The highest BCUT2D eigenvalue weighted by Gasteiger charge is 2.27. The summed E-state index contributed by atoms with van der Waals surface area (Å²) in [4.78, 5) is 15.1. The molecule has 0 aliphatic carbocycles. The van der Waals surface area contributed by atoms with Crippen LogP contribution in [0.5, 0.6) is 11.5 Å². The van der Waals surface area contributed by atoms with Crippen LogP contribution in [-0.2, 0) is 21.2 Å². The first kappa shape index (κ1) is 20.0. The van der Waals surface area contributed by atoms with Crippen molar-refractivity contribution in [1.82, 2.24) is 8.96 Å². The Labute approximate surface area is 166 Å². The number of carboxylic acid groups (broad SMARTS) is 1. The Kier molecular flexibility index (Phi) is 5.48. The number of methoxy groups -OCH3 is 2. The van der Waals surface area contributed by atoms with E-state index in [-0.39, 0.29) is 39.9 Å². The number of ether oxygens (including phenoxy) is 2. The van der Waals surface area contributed by atoms with Crippen molar-refractivity contribution >= 4 is 38.6 Å². The number of aliphatic carboxylic acids is 1. The number of hydrogen-bond donors (Lipinski definition) is 1. The lowest BCUT2D eigenvalue weighted by Gasteiger charge is -2.15. The first-order chi connectivity index (χ1) is 13.3. The summed E-state index contributed by atoms with van der Waals surface area (Å²) >= 11 is 5.93. The van der Waals surface area contributed by atoms with E-state index in [4.69, 9.17) is 26.2 Å². The summed E-state index contributed by atoms with van der Waals surface area (Å²) in [6.07, 6.45) is -0.246. The molecular formula is C18H17ClN2O6S. The molecule has 3 rings (SSSR count). The van der Waals surface area contributed by atoms with Gasteiger partial charge in [-0.1, -0.05) is 11.6 Å². The van der Waals surface area contributed by atoms with Crippen molar-refractivity contribution in [2.45, 2.75) is 17.7 Å². The molecule has 0 radical (unpaired) electrons. The zero-order chi connectivity index (χ0) is 20.5. The van der Waals surface area contributed by atoms with Gasteiger partial charge in [-0.3, -0.25) is 4.79 Å². The van der Waals surface area contributed by atoms with Gasteiger partial charge in [0.15, 0.2) is 0 Å². The highest BCUT2D eigenvalue weighted by Crippen LogP contribution is 2.33. The van der Waals surface area contributed by atoms with E-state index in [1.807, 2.05) is 0 Å². The Bertz CT molecular complexity index is 1160. The summed E-state index contributed by atoms with van der Waals surface area (Å²) in [5.74, 6) is -0.572. The summed E-state index contributed by atoms with van der Waals surface area (Å²) in [7, 11) is -1.37. The molecule has 0 bridgehead atoms. The smallest absolute Gasteiger partial charge is 0.303 e. The Morgan fingerprint density at radius 2 is 1.93 bits per heavy atom. The molecule has 2 heterocycles. The number of pyridine rings is 1. The number of aromatic nitrogens is 2. The summed E-state index contributed by atoms with van der Waals surface area (Å²) in [5.41, 5.74) is 0.907. The van der Waals surface area contributed by atoms with E-state index >= 15 is 0 Å². The summed E-state index contributed by atoms with van der Waals surface area (Å²) < 4.78 is 38.5. The third-order valence-corrected chi connectivity index (χ3v) is 6.13. The van der Waals surface area contributed by atoms with Crippen LogP contribution >= 0.6 is 11.6 Å². The van der Waals surface area contributed by atoms with Crippen LogP contribution in [0.3, 0.4) is 0 Å². The molecule has 0 spiro atoms. The average Bonchev–Trinajstić information content (AvgIpc) is 3.03. The maximum atomic E-state index is 13.5. The Morgan fingerprint density at radius 1 is 1.18 bits per heavy atom. The quantitative estimate of drug-likeness (QED) is 0.581. The largest absolute Gasteiger partial charge is 0.497 e. The third kappa shape index (κ3) is 3.63. The van der Waals surface area contributed by atoms with E-state index in [0.717, 1.165) is 3.97 Å². The van der Waals surface area contributed by atoms with Crippen molar-refractivity contribution in [2.75, 3.05) is 14.2 Å². The van der Waals surface area contributed by atoms with E-state index < -0.39 is 16.0 Å². The summed E-state index contributed by atoms with van der Waals surface area (Å²) in [5, 5.41) is 9.22. The van der Waals surface area contributed by atoms with Crippen molar-refractivity contribution in [2.24, 2.45) is 0 Å². The summed E-state index contributed by atoms with van der Waals surface area (Å²) in [6.45, 7) is 0. The van der Waals surface area contributed by atoms with Crippen LogP contribution in [0.25, 0.3) is 11.0 Å². The molecule has 1 aromatic carbocycles. The molecule has 0 fully saturated rings. The minimum atomic E-state index is -4.15. The first-order valence-corrected chi connectivity index (χ1v) is 9.96. The van der Waals surface area contributed by atoms with Crippen molar-refractivity contribution < 1.29 is 27.8 Å².